The lowest BCUT2D eigenvalue weighted by Gasteiger charge is -2.29. The molecule has 0 aliphatic carbocycles. The standard InChI is InChI=1S/C25H27F2N6O3P/c1-2-36-23(34)20-13-16-14-31(11-12-33(16)30-20)24(35)29-21-18(17-5-3-4-6-19(17)26)7-9-28-22(21)32-10-8-25(27,37)15-32/h3-7,9,13H,2,8,10-12,14-15,37H2,1H3,(H,29,35). The third-order valence-electron chi connectivity index (χ3n) is 6.45. The Hall–Kier alpha value is -3.59. The molecule has 1 saturated heterocycles. The SMILES string of the molecule is CCOC(=O)c1cc2n(n1)CCN(C(=O)Nc1c(-c3ccccc3F)ccnc1N1CCC(F)(P)C1)C2. The number of nitrogens with one attached hydrogen (secondary N) is 1. The van der Waals surface area contributed by atoms with Crippen LogP contribution in [0.5, 0.6) is 0 Å². The molecule has 1 aromatic carbocycles. The second-order valence-corrected chi connectivity index (χ2v) is 10.1. The molecule has 0 saturated carbocycles. The topological polar surface area (TPSA) is 92.6 Å². The predicted molar refractivity (Wildman–Crippen MR) is 138 cm³/mol. The van der Waals surface area contributed by atoms with Gasteiger partial charge >= 0.3 is 12.0 Å². The van der Waals surface area contributed by atoms with E-state index in [9.17, 15) is 18.4 Å². The van der Waals surface area contributed by atoms with Crippen molar-refractivity contribution in [1.82, 2.24) is 19.7 Å². The number of anilines is 2. The highest BCUT2D eigenvalue weighted by Gasteiger charge is 2.36. The quantitative estimate of drug-likeness (QED) is 0.397. The Morgan fingerprint density at radius 1 is 1.19 bits per heavy atom. The van der Waals surface area contributed by atoms with Crippen molar-refractivity contribution in [3.05, 3.63) is 59.8 Å². The van der Waals surface area contributed by atoms with Gasteiger partial charge < -0.3 is 19.9 Å². The Morgan fingerprint density at radius 2 is 2.00 bits per heavy atom. The molecule has 3 aromatic rings. The number of benzene rings is 1. The lowest BCUT2D eigenvalue weighted by Crippen LogP contribution is -2.41. The molecule has 5 rings (SSSR count). The number of halogens is 2. The maximum atomic E-state index is 14.8. The fourth-order valence-corrected chi connectivity index (χ4v) is 4.97. The fourth-order valence-electron chi connectivity index (χ4n) is 4.63. The summed E-state index contributed by atoms with van der Waals surface area (Å²) in [5.74, 6) is -0.586. The smallest absolute Gasteiger partial charge is 0.358 e. The van der Waals surface area contributed by atoms with Crippen LogP contribution in [0.25, 0.3) is 11.1 Å². The molecule has 2 aliphatic rings. The number of aromatic nitrogens is 3. The summed E-state index contributed by atoms with van der Waals surface area (Å²) in [6, 6.07) is 9.09. The Balaban J connectivity index is 1.45. The summed E-state index contributed by atoms with van der Waals surface area (Å²) in [5, 5.41) is 5.73. The van der Waals surface area contributed by atoms with E-state index in [1.807, 2.05) is 0 Å². The number of pyridine rings is 1. The van der Waals surface area contributed by atoms with Gasteiger partial charge in [-0.25, -0.2) is 23.4 Å². The van der Waals surface area contributed by atoms with Gasteiger partial charge in [0, 0.05) is 36.8 Å². The van der Waals surface area contributed by atoms with Crippen LogP contribution in [0.15, 0.2) is 42.6 Å². The number of urea groups is 1. The number of esters is 1. The second kappa shape index (κ2) is 10.0. The van der Waals surface area contributed by atoms with Crippen LogP contribution in [0.2, 0.25) is 0 Å². The number of fused-ring (bicyclic) bond motifs is 1. The molecule has 1 fully saturated rings. The lowest BCUT2D eigenvalue weighted by molar-refractivity contribution is 0.0518. The third-order valence-corrected chi connectivity index (χ3v) is 6.92. The number of nitrogens with zero attached hydrogens (tertiary/aromatic N) is 5. The largest absolute Gasteiger partial charge is 0.461 e. The van der Waals surface area contributed by atoms with Crippen molar-refractivity contribution in [2.45, 2.75) is 31.8 Å². The number of ether oxygens (including phenoxy) is 1. The zero-order valence-electron chi connectivity index (χ0n) is 20.3. The third kappa shape index (κ3) is 5.13. The fraction of sp³-hybridized carbons (Fsp3) is 0.360. The zero-order valence-corrected chi connectivity index (χ0v) is 21.4. The summed E-state index contributed by atoms with van der Waals surface area (Å²) >= 11 is 0. The van der Waals surface area contributed by atoms with Gasteiger partial charge in [-0.1, -0.05) is 27.4 Å². The van der Waals surface area contributed by atoms with Crippen LogP contribution in [0, 0.1) is 5.82 Å². The Kier molecular flexibility index (Phi) is 6.81. The van der Waals surface area contributed by atoms with Crippen LogP contribution in [-0.2, 0) is 17.8 Å². The molecule has 4 heterocycles. The molecule has 2 atom stereocenters. The summed E-state index contributed by atoms with van der Waals surface area (Å²) < 4.78 is 36.2. The molecular formula is C25H27F2N6O3P. The summed E-state index contributed by atoms with van der Waals surface area (Å²) in [6.45, 7) is 3.39. The van der Waals surface area contributed by atoms with Crippen LogP contribution in [-0.4, -0.2) is 63.3 Å². The van der Waals surface area contributed by atoms with Crippen molar-refractivity contribution in [2.75, 3.05) is 36.5 Å². The number of carbonyl (C=O) groups excluding carboxylic acids is 2. The van der Waals surface area contributed by atoms with E-state index in [2.05, 4.69) is 24.6 Å². The van der Waals surface area contributed by atoms with Gasteiger partial charge in [-0.05, 0) is 25.1 Å². The van der Waals surface area contributed by atoms with Crippen LogP contribution >= 0.6 is 9.24 Å². The normalized spacial score (nSPS) is 19.0. The van der Waals surface area contributed by atoms with Crippen molar-refractivity contribution >= 4 is 32.7 Å². The van der Waals surface area contributed by atoms with Gasteiger partial charge in [0.25, 0.3) is 0 Å². The van der Waals surface area contributed by atoms with Gasteiger partial charge in [-0.3, -0.25) is 4.68 Å². The Labute approximate surface area is 215 Å². The summed E-state index contributed by atoms with van der Waals surface area (Å²) in [5.41, 5.74) is 1.94. The minimum absolute atomic E-state index is 0.0772. The molecule has 9 nitrogen and oxygen atoms in total. The minimum Gasteiger partial charge on any atom is -0.461 e. The van der Waals surface area contributed by atoms with Crippen LogP contribution in [0.3, 0.4) is 0 Å². The van der Waals surface area contributed by atoms with Gasteiger partial charge in [-0.15, -0.1) is 0 Å². The highest BCUT2D eigenvalue weighted by atomic mass is 31.0. The van der Waals surface area contributed by atoms with Crippen molar-refractivity contribution in [2.24, 2.45) is 0 Å². The maximum Gasteiger partial charge on any atom is 0.358 e. The highest BCUT2D eigenvalue weighted by molar-refractivity contribution is 7.18. The van der Waals surface area contributed by atoms with Crippen molar-refractivity contribution in [3.63, 3.8) is 0 Å². The maximum absolute atomic E-state index is 14.8. The van der Waals surface area contributed by atoms with E-state index in [-0.39, 0.29) is 31.8 Å². The number of hydrogen-bond donors (Lipinski definition) is 1. The summed E-state index contributed by atoms with van der Waals surface area (Å²) in [4.78, 5) is 33.3. The number of amides is 2. The molecule has 37 heavy (non-hydrogen) atoms. The Bertz CT molecular complexity index is 1350. The predicted octanol–water partition coefficient (Wildman–Crippen LogP) is 4.06. The van der Waals surface area contributed by atoms with E-state index in [4.69, 9.17) is 4.74 Å². The molecule has 2 aromatic heterocycles. The van der Waals surface area contributed by atoms with Gasteiger partial charge in [-0.2, -0.15) is 5.10 Å². The zero-order chi connectivity index (χ0) is 26.2. The number of rotatable bonds is 5. The second-order valence-electron chi connectivity index (χ2n) is 9.06. The molecule has 1 N–H and O–H groups in total. The summed E-state index contributed by atoms with van der Waals surface area (Å²) in [6.07, 6.45) is 1.82. The first kappa shape index (κ1) is 25.1. The number of hydrogen-bond acceptors (Lipinski definition) is 6. The van der Waals surface area contributed by atoms with E-state index < -0.39 is 23.2 Å². The van der Waals surface area contributed by atoms with Gasteiger partial charge in [0.05, 0.1) is 37.6 Å². The van der Waals surface area contributed by atoms with E-state index in [0.29, 0.717) is 48.0 Å². The van der Waals surface area contributed by atoms with E-state index >= 15 is 0 Å². The Morgan fingerprint density at radius 3 is 2.73 bits per heavy atom. The minimum atomic E-state index is -1.47. The van der Waals surface area contributed by atoms with Crippen molar-refractivity contribution < 1.29 is 23.1 Å². The van der Waals surface area contributed by atoms with E-state index in [1.54, 1.807) is 51.7 Å². The first-order valence-corrected chi connectivity index (χ1v) is 12.6. The molecule has 0 bridgehead atoms. The average Bonchev–Trinajstić information content (AvgIpc) is 3.47. The monoisotopic (exact) mass is 528 g/mol. The van der Waals surface area contributed by atoms with E-state index in [0.717, 1.165) is 0 Å². The van der Waals surface area contributed by atoms with Gasteiger partial charge in [0.1, 0.15) is 11.2 Å². The van der Waals surface area contributed by atoms with Crippen LogP contribution in [0.1, 0.15) is 29.5 Å². The molecular weight excluding hydrogens is 501 g/mol. The molecule has 0 radical (unpaired) electrons. The molecule has 12 heteroatoms. The highest BCUT2D eigenvalue weighted by Crippen LogP contribution is 2.41. The van der Waals surface area contributed by atoms with Crippen LogP contribution in [0.4, 0.5) is 25.1 Å². The van der Waals surface area contributed by atoms with Crippen molar-refractivity contribution in [1.29, 1.82) is 0 Å². The first-order chi connectivity index (χ1) is 17.8. The molecule has 2 amide bonds. The molecule has 0 spiro atoms. The summed E-state index contributed by atoms with van der Waals surface area (Å²) in [7, 11) is 2.23. The van der Waals surface area contributed by atoms with Gasteiger partial charge in [0.2, 0.25) is 0 Å². The first-order valence-electron chi connectivity index (χ1n) is 12.0. The van der Waals surface area contributed by atoms with Crippen molar-refractivity contribution in [3.8, 4) is 11.1 Å². The molecule has 2 aliphatic heterocycles. The number of alkyl halides is 1. The number of carbonyl (C=O) groups is 2. The lowest BCUT2D eigenvalue weighted by atomic mass is 10.0. The average molecular weight is 528 g/mol. The van der Waals surface area contributed by atoms with E-state index in [1.165, 1.54) is 12.3 Å². The molecule has 194 valence electrons. The van der Waals surface area contributed by atoms with Crippen LogP contribution < -0.4 is 10.2 Å². The van der Waals surface area contributed by atoms with Gasteiger partial charge in [0.15, 0.2) is 11.5 Å². The molecule has 2 unspecified atom stereocenters.